The highest BCUT2D eigenvalue weighted by atomic mass is 15.3. The summed E-state index contributed by atoms with van der Waals surface area (Å²) in [5, 5.41) is 7.48. The van der Waals surface area contributed by atoms with E-state index in [2.05, 4.69) is 27.3 Å². The van der Waals surface area contributed by atoms with E-state index >= 15 is 0 Å². The van der Waals surface area contributed by atoms with Gasteiger partial charge in [0.25, 0.3) is 0 Å². The summed E-state index contributed by atoms with van der Waals surface area (Å²) in [6.45, 7) is 4.91. The van der Waals surface area contributed by atoms with E-state index in [1.165, 1.54) is 0 Å². The molecule has 0 amide bonds. The Balaban J connectivity index is 2.20. The predicted octanol–water partition coefficient (Wildman–Crippen LogP) is 1.50. The highest BCUT2D eigenvalue weighted by Crippen LogP contribution is 2.15. The van der Waals surface area contributed by atoms with Crippen LogP contribution in [-0.2, 0) is 13.0 Å². The highest BCUT2D eigenvalue weighted by Gasteiger charge is 2.15. The van der Waals surface area contributed by atoms with Crippen LogP contribution in [0.25, 0.3) is 0 Å². The van der Waals surface area contributed by atoms with Crippen molar-refractivity contribution in [3.8, 4) is 0 Å². The SMILES string of the molecule is CCn1ncnc1CC(NC)c1cccc(C)n1. The van der Waals surface area contributed by atoms with Crippen molar-refractivity contribution in [2.45, 2.75) is 32.9 Å². The highest BCUT2D eigenvalue weighted by molar-refractivity contribution is 5.14. The molecule has 2 aromatic heterocycles. The second-order valence-electron chi connectivity index (χ2n) is 4.24. The number of hydrogen-bond donors (Lipinski definition) is 1. The number of aromatic nitrogens is 4. The Hall–Kier alpha value is -1.75. The molecule has 1 unspecified atom stereocenters. The van der Waals surface area contributed by atoms with Crippen LogP contribution in [0.4, 0.5) is 0 Å². The van der Waals surface area contributed by atoms with Crippen LogP contribution in [0.15, 0.2) is 24.5 Å². The molecule has 0 aliphatic heterocycles. The summed E-state index contributed by atoms with van der Waals surface area (Å²) < 4.78 is 1.92. The van der Waals surface area contributed by atoms with Gasteiger partial charge < -0.3 is 5.32 Å². The van der Waals surface area contributed by atoms with E-state index in [9.17, 15) is 0 Å². The lowest BCUT2D eigenvalue weighted by molar-refractivity contribution is 0.524. The van der Waals surface area contributed by atoms with Gasteiger partial charge >= 0.3 is 0 Å². The molecule has 0 radical (unpaired) electrons. The Morgan fingerprint density at radius 2 is 2.22 bits per heavy atom. The maximum atomic E-state index is 4.56. The molecule has 0 aliphatic rings. The van der Waals surface area contributed by atoms with Crippen molar-refractivity contribution < 1.29 is 0 Å². The molecule has 0 spiro atoms. The van der Waals surface area contributed by atoms with E-state index in [-0.39, 0.29) is 6.04 Å². The fourth-order valence-corrected chi connectivity index (χ4v) is 2.01. The lowest BCUT2D eigenvalue weighted by Crippen LogP contribution is -2.22. The van der Waals surface area contributed by atoms with E-state index in [0.29, 0.717) is 0 Å². The van der Waals surface area contributed by atoms with Gasteiger partial charge in [0.15, 0.2) is 0 Å². The number of rotatable bonds is 5. The number of nitrogens with zero attached hydrogens (tertiary/aromatic N) is 4. The zero-order valence-electron chi connectivity index (χ0n) is 11.1. The lowest BCUT2D eigenvalue weighted by Gasteiger charge is -2.15. The molecule has 5 heteroatoms. The fourth-order valence-electron chi connectivity index (χ4n) is 2.01. The summed E-state index contributed by atoms with van der Waals surface area (Å²) in [6.07, 6.45) is 2.40. The molecule has 18 heavy (non-hydrogen) atoms. The number of hydrogen-bond acceptors (Lipinski definition) is 4. The zero-order valence-corrected chi connectivity index (χ0v) is 11.1. The molecule has 0 aliphatic carbocycles. The molecule has 5 nitrogen and oxygen atoms in total. The van der Waals surface area contributed by atoms with E-state index in [0.717, 1.165) is 30.2 Å². The van der Waals surface area contributed by atoms with E-state index < -0.39 is 0 Å². The summed E-state index contributed by atoms with van der Waals surface area (Å²) in [5.41, 5.74) is 2.08. The molecule has 2 heterocycles. The minimum absolute atomic E-state index is 0.166. The van der Waals surface area contributed by atoms with Crippen molar-refractivity contribution >= 4 is 0 Å². The molecule has 0 bridgehead atoms. The van der Waals surface area contributed by atoms with Crippen LogP contribution in [0.2, 0.25) is 0 Å². The molecule has 0 saturated heterocycles. The molecule has 96 valence electrons. The van der Waals surface area contributed by atoms with Crippen molar-refractivity contribution in [2.75, 3.05) is 7.05 Å². The smallest absolute Gasteiger partial charge is 0.138 e. The normalized spacial score (nSPS) is 12.6. The summed E-state index contributed by atoms with van der Waals surface area (Å²) in [5.74, 6) is 0.986. The molecule has 0 saturated carbocycles. The Bertz CT molecular complexity index is 506. The second kappa shape index (κ2) is 5.73. The van der Waals surface area contributed by atoms with Gasteiger partial charge in [-0.2, -0.15) is 5.10 Å². The van der Waals surface area contributed by atoms with Crippen molar-refractivity contribution in [3.05, 3.63) is 41.7 Å². The number of aryl methyl sites for hydroxylation is 2. The first kappa shape index (κ1) is 12.7. The zero-order chi connectivity index (χ0) is 13.0. The second-order valence-corrected chi connectivity index (χ2v) is 4.24. The van der Waals surface area contributed by atoms with Gasteiger partial charge in [0.05, 0.1) is 11.7 Å². The average molecular weight is 245 g/mol. The largest absolute Gasteiger partial charge is 0.311 e. The monoisotopic (exact) mass is 245 g/mol. The first-order valence-electron chi connectivity index (χ1n) is 6.22. The summed E-state index contributed by atoms with van der Waals surface area (Å²) in [7, 11) is 1.95. The van der Waals surface area contributed by atoms with Crippen LogP contribution >= 0.6 is 0 Å². The standard InChI is InChI=1S/C13H19N5/c1-4-18-13(15-9-16-18)8-12(14-3)11-7-5-6-10(2)17-11/h5-7,9,12,14H,4,8H2,1-3H3. The van der Waals surface area contributed by atoms with Crippen molar-refractivity contribution in [2.24, 2.45) is 0 Å². The topological polar surface area (TPSA) is 55.6 Å². The molecule has 2 aromatic rings. The number of likely N-dealkylation sites (N-methyl/N-ethyl adjacent to an activating group) is 1. The number of pyridine rings is 1. The summed E-state index contributed by atoms with van der Waals surface area (Å²) in [4.78, 5) is 8.87. The first-order chi connectivity index (χ1) is 8.74. The fraction of sp³-hybridized carbons (Fsp3) is 0.462. The van der Waals surface area contributed by atoms with Crippen LogP contribution in [0.1, 0.15) is 30.2 Å². The maximum Gasteiger partial charge on any atom is 0.138 e. The predicted molar refractivity (Wildman–Crippen MR) is 70.2 cm³/mol. The van der Waals surface area contributed by atoms with Crippen LogP contribution < -0.4 is 5.32 Å². The quantitative estimate of drug-likeness (QED) is 0.867. The third-order valence-electron chi connectivity index (χ3n) is 3.00. The van der Waals surface area contributed by atoms with Gasteiger partial charge in [0, 0.05) is 18.7 Å². The van der Waals surface area contributed by atoms with E-state index in [1.807, 2.05) is 36.9 Å². The van der Waals surface area contributed by atoms with E-state index in [1.54, 1.807) is 6.33 Å². The average Bonchev–Trinajstić information content (AvgIpc) is 2.83. The van der Waals surface area contributed by atoms with Crippen LogP contribution in [0.3, 0.4) is 0 Å². The van der Waals surface area contributed by atoms with Gasteiger partial charge in [-0.1, -0.05) is 6.07 Å². The molecular weight excluding hydrogens is 226 g/mol. The Morgan fingerprint density at radius 3 is 2.89 bits per heavy atom. The molecule has 0 aromatic carbocycles. The van der Waals surface area contributed by atoms with Gasteiger partial charge in [0.1, 0.15) is 12.2 Å². The maximum absolute atomic E-state index is 4.56. The van der Waals surface area contributed by atoms with Gasteiger partial charge in [-0.05, 0) is 33.0 Å². The third-order valence-corrected chi connectivity index (χ3v) is 3.00. The molecule has 2 rings (SSSR count). The number of nitrogens with one attached hydrogen (secondary N) is 1. The Labute approximate surface area is 107 Å². The van der Waals surface area contributed by atoms with Gasteiger partial charge in [-0.25, -0.2) is 4.98 Å². The first-order valence-corrected chi connectivity index (χ1v) is 6.22. The lowest BCUT2D eigenvalue weighted by atomic mass is 10.1. The van der Waals surface area contributed by atoms with E-state index in [4.69, 9.17) is 0 Å². The molecular formula is C13H19N5. The van der Waals surface area contributed by atoms with Gasteiger partial charge in [-0.3, -0.25) is 9.67 Å². The summed E-state index contributed by atoms with van der Waals surface area (Å²) >= 11 is 0. The minimum atomic E-state index is 0.166. The van der Waals surface area contributed by atoms with Crippen molar-refractivity contribution in [3.63, 3.8) is 0 Å². The third kappa shape index (κ3) is 2.73. The Kier molecular flexibility index (Phi) is 4.04. The Morgan fingerprint density at radius 1 is 1.39 bits per heavy atom. The van der Waals surface area contributed by atoms with Gasteiger partial charge in [-0.15, -0.1) is 0 Å². The van der Waals surface area contributed by atoms with Crippen LogP contribution in [-0.4, -0.2) is 26.8 Å². The van der Waals surface area contributed by atoms with Gasteiger partial charge in [0.2, 0.25) is 0 Å². The summed E-state index contributed by atoms with van der Waals surface area (Å²) in [6, 6.07) is 6.25. The molecule has 1 atom stereocenters. The molecule has 1 N–H and O–H groups in total. The van der Waals surface area contributed by atoms with Crippen LogP contribution in [0, 0.1) is 6.92 Å². The van der Waals surface area contributed by atoms with Crippen LogP contribution in [0.5, 0.6) is 0 Å². The molecule has 0 fully saturated rings. The van der Waals surface area contributed by atoms with Crippen molar-refractivity contribution in [1.82, 2.24) is 25.1 Å². The minimum Gasteiger partial charge on any atom is -0.311 e. The van der Waals surface area contributed by atoms with Crippen molar-refractivity contribution in [1.29, 1.82) is 0 Å².